The van der Waals surface area contributed by atoms with Crippen LogP contribution in [0.4, 0.5) is 18.0 Å². The van der Waals surface area contributed by atoms with Gasteiger partial charge in [0.2, 0.25) is 11.9 Å². The molecule has 2 heterocycles. The van der Waals surface area contributed by atoms with Crippen molar-refractivity contribution in [1.82, 2.24) is 19.7 Å². The maximum Gasteiger partial charge on any atom is 0.411 e. The monoisotopic (exact) mass is 578 g/mol. The summed E-state index contributed by atoms with van der Waals surface area (Å²) >= 11 is 0. The molecule has 2 atom stereocenters. The van der Waals surface area contributed by atoms with Crippen molar-refractivity contribution >= 4 is 12.0 Å². The molecule has 0 bridgehead atoms. The Morgan fingerprint density at radius 2 is 1.83 bits per heavy atom. The van der Waals surface area contributed by atoms with Crippen molar-refractivity contribution in [2.24, 2.45) is 0 Å². The Hall–Kier alpha value is -3.38. The molecular formula is C29H37F3N4O5. The van der Waals surface area contributed by atoms with Crippen molar-refractivity contribution in [2.45, 2.75) is 51.4 Å². The molecule has 41 heavy (non-hydrogen) atoms. The highest BCUT2D eigenvalue weighted by molar-refractivity contribution is 5.83. The van der Waals surface area contributed by atoms with Crippen LogP contribution in [0.15, 0.2) is 30.5 Å². The fourth-order valence-corrected chi connectivity index (χ4v) is 4.88. The van der Waals surface area contributed by atoms with Gasteiger partial charge in [0.15, 0.2) is 11.6 Å². The lowest BCUT2D eigenvalue weighted by molar-refractivity contribution is -0.134. The Morgan fingerprint density at radius 3 is 2.49 bits per heavy atom. The summed E-state index contributed by atoms with van der Waals surface area (Å²) in [5.41, 5.74) is -0.160. The third-order valence-electron chi connectivity index (χ3n) is 7.04. The molecule has 4 rings (SSSR count). The van der Waals surface area contributed by atoms with E-state index in [1.54, 1.807) is 32.8 Å². The van der Waals surface area contributed by atoms with Gasteiger partial charge in [-0.05, 0) is 51.0 Å². The summed E-state index contributed by atoms with van der Waals surface area (Å²) in [5, 5.41) is 0. The van der Waals surface area contributed by atoms with Crippen molar-refractivity contribution in [3.8, 4) is 5.75 Å². The van der Waals surface area contributed by atoms with Gasteiger partial charge in [0, 0.05) is 69.6 Å². The van der Waals surface area contributed by atoms with Gasteiger partial charge >= 0.3 is 6.09 Å². The number of amides is 2. The van der Waals surface area contributed by atoms with Crippen molar-refractivity contribution in [3.63, 3.8) is 0 Å². The molecule has 0 radical (unpaired) electrons. The molecule has 2 aliphatic rings. The number of nitrogens with zero attached hydrogens (tertiary/aromatic N) is 4. The first kappa shape index (κ1) is 30.6. The van der Waals surface area contributed by atoms with Gasteiger partial charge in [-0.2, -0.15) is 4.39 Å². The lowest BCUT2D eigenvalue weighted by Crippen LogP contribution is -2.53. The highest BCUT2D eigenvalue weighted by Gasteiger charge is 2.49. The highest BCUT2D eigenvalue weighted by Crippen LogP contribution is 2.49. The van der Waals surface area contributed by atoms with E-state index in [1.165, 1.54) is 23.2 Å². The van der Waals surface area contributed by atoms with E-state index < -0.39 is 41.2 Å². The number of methoxy groups -OCH3 is 1. The fourth-order valence-electron chi connectivity index (χ4n) is 4.88. The van der Waals surface area contributed by atoms with Crippen molar-refractivity contribution in [2.75, 3.05) is 53.0 Å². The van der Waals surface area contributed by atoms with Crippen molar-refractivity contribution in [1.29, 1.82) is 0 Å². The lowest BCUT2D eigenvalue weighted by Gasteiger charge is -2.36. The third-order valence-corrected chi connectivity index (χ3v) is 7.04. The van der Waals surface area contributed by atoms with Crippen LogP contribution in [-0.4, -0.2) is 96.3 Å². The van der Waals surface area contributed by atoms with Gasteiger partial charge in [-0.15, -0.1) is 0 Å². The number of aromatic nitrogens is 1. The van der Waals surface area contributed by atoms with E-state index in [4.69, 9.17) is 14.2 Å². The second kappa shape index (κ2) is 13.1. The molecule has 224 valence electrons. The number of benzene rings is 1. The summed E-state index contributed by atoms with van der Waals surface area (Å²) in [7, 11) is 1.64. The summed E-state index contributed by atoms with van der Waals surface area (Å²) in [6.07, 6.45) is 0.950. The van der Waals surface area contributed by atoms with Gasteiger partial charge < -0.3 is 19.1 Å². The van der Waals surface area contributed by atoms with Gasteiger partial charge in [-0.25, -0.2) is 18.6 Å². The summed E-state index contributed by atoms with van der Waals surface area (Å²) in [6.45, 7) is 8.58. The standard InChI is InChI=1S/C29H37F3N4O5/c1-29(2,3)41-28(38)36(17-26(37)35-9-7-34(8-10-35)11-12-39-4)24-16-21(24)22-14-20(30)15-23(31)27(22)40-18-19-5-6-33-25(32)13-19/h5-6,13-15,21,24H,7-12,16-18H2,1-4H3/t21-,24+/m0/s1. The average Bonchev–Trinajstić information content (AvgIpc) is 3.69. The molecule has 1 aromatic carbocycles. The maximum absolute atomic E-state index is 14.9. The van der Waals surface area contributed by atoms with Crippen LogP contribution in [-0.2, 0) is 20.9 Å². The smallest absolute Gasteiger partial charge is 0.411 e. The molecule has 1 aliphatic heterocycles. The fraction of sp³-hybridized carbons (Fsp3) is 0.552. The topological polar surface area (TPSA) is 84.4 Å². The molecular weight excluding hydrogens is 541 g/mol. The van der Waals surface area contributed by atoms with Crippen LogP contribution in [0.25, 0.3) is 0 Å². The van der Waals surface area contributed by atoms with E-state index in [2.05, 4.69) is 9.88 Å². The molecule has 2 fully saturated rings. The van der Waals surface area contributed by atoms with Gasteiger partial charge in [0.25, 0.3) is 0 Å². The van der Waals surface area contributed by atoms with Crippen LogP contribution in [0.3, 0.4) is 0 Å². The Labute approximate surface area is 238 Å². The molecule has 1 saturated heterocycles. The number of hydrogen-bond donors (Lipinski definition) is 0. The summed E-state index contributed by atoms with van der Waals surface area (Å²) in [4.78, 5) is 35.3. The van der Waals surface area contributed by atoms with E-state index in [-0.39, 0.29) is 30.4 Å². The van der Waals surface area contributed by atoms with E-state index in [0.717, 1.165) is 12.6 Å². The minimum absolute atomic E-state index is 0.170. The Balaban J connectivity index is 1.50. The largest absolute Gasteiger partial charge is 0.486 e. The molecule has 9 nitrogen and oxygen atoms in total. The van der Waals surface area contributed by atoms with Crippen LogP contribution >= 0.6 is 0 Å². The first-order chi connectivity index (χ1) is 19.4. The minimum atomic E-state index is -0.911. The SMILES string of the molecule is COCCN1CCN(C(=O)CN(C(=O)OC(C)(C)C)[C@@H]2C[C@H]2c2cc(F)cc(F)c2OCc2ccnc(F)c2)CC1. The Bertz CT molecular complexity index is 1230. The van der Waals surface area contributed by atoms with Crippen LogP contribution in [0.1, 0.15) is 44.2 Å². The molecule has 0 N–H and O–H groups in total. The number of carbonyl (C=O) groups is 2. The molecule has 1 saturated carbocycles. The normalized spacial score (nSPS) is 19.1. The second-order valence-electron chi connectivity index (χ2n) is 11.3. The van der Waals surface area contributed by atoms with Crippen molar-refractivity contribution < 1.29 is 37.0 Å². The predicted molar refractivity (Wildman–Crippen MR) is 144 cm³/mol. The number of pyridine rings is 1. The number of ether oxygens (including phenoxy) is 3. The Morgan fingerprint density at radius 1 is 1.10 bits per heavy atom. The van der Waals surface area contributed by atoms with Gasteiger partial charge in [0.1, 0.15) is 24.6 Å². The maximum atomic E-state index is 14.9. The summed E-state index contributed by atoms with van der Waals surface area (Å²) in [6, 6.07) is 4.04. The molecule has 2 aromatic rings. The van der Waals surface area contributed by atoms with E-state index in [9.17, 15) is 22.8 Å². The number of hydrogen-bond acceptors (Lipinski definition) is 7. The van der Waals surface area contributed by atoms with Gasteiger partial charge in [-0.3, -0.25) is 14.6 Å². The van der Waals surface area contributed by atoms with Crippen LogP contribution in [0.2, 0.25) is 0 Å². The summed E-state index contributed by atoms with van der Waals surface area (Å²) < 4.78 is 59.2. The first-order valence-electron chi connectivity index (χ1n) is 13.7. The zero-order valence-corrected chi connectivity index (χ0v) is 23.9. The Kier molecular flexibility index (Phi) is 9.75. The molecule has 12 heteroatoms. The van der Waals surface area contributed by atoms with Crippen LogP contribution < -0.4 is 4.74 Å². The molecule has 1 aromatic heterocycles. The number of rotatable bonds is 10. The van der Waals surface area contributed by atoms with Gasteiger partial charge in [0.05, 0.1) is 6.61 Å². The average molecular weight is 579 g/mol. The zero-order chi connectivity index (χ0) is 29.7. The van der Waals surface area contributed by atoms with Crippen LogP contribution in [0.5, 0.6) is 5.75 Å². The molecule has 0 spiro atoms. The molecule has 1 aliphatic carbocycles. The predicted octanol–water partition coefficient (Wildman–Crippen LogP) is 3.96. The van der Waals surface area contributed by atoms with E-state index >= 15 is 0 Å². The highest BCUT2D eigenvalue weighted by atomic mass is 19.1. The number of halogens is 3. The van der Waals surface area contributed by atoms with E-state index in [1.807, 2.05) is 0 Å². The number of carbonyl (C=O) groups excluding carboxylic acids is 2. The third kappa shape index (κ3) is 8.32. The molecule has 2 amide bonds. The second-order valence-corrected chi connectivity index (χ2v) is 11.3. The zero-order valence-electron chi connectivity index (χ0n) is 23.9. The first-order valence-corrected chi connectivity index (χ1v) is 13.7. The van der Waals surface area contributed by atoms with Crippen molar-refractivity contribution in [3.05, 3.63) is 59.2 Å². The lowest BCUT2D eigenvalue weighted by atomic mass is 10.1. The molecule has 0 unspecified atom stereocenters. The quantitative estimate of drug-likeness (QED) is 0.395. The van der Waals surface area contributed by atoms with Crippen LogP contribution in [0, 0.1) is 17.6 Å². The van der Waals surface area contributed by atoms with E-state index in [0.29, 0.717) is 50.8 Å². The minimum Gasteiger partial charge on any atom is -0.486 e. The number of piperazine rings is 1. The van der Waals surface area contributed by atoms with Gasteiger partial charge in [-0.1, -0.05) is 0 Å². The summed E-state index contributed by atoms with van der Waals surface area (Å²) in [5.74, 6) is -3.31.